The van der Waals surface area contributed by atoms with E-state index < -0.39 is 15.6 Å². The number of amidine groups is 1. The molecule has 0 aliphatic heterocycles. The number of nitrogens with zero attached hydrogens (tertiary/aromatic N) is 2. The van der Waals surface area contributed by atoms with Crippen molar-refractivity contribution in [2.45, 2.75) is 49.6 Å². The van der Waals surface area contributed by atoms with Gasteiger partial charge in [0.25, 0.3) is 10.0 Å². The van der Waals surface area contributed by atoms with Gasteiger partial charge >= 0.3 is 0 Å². The molecule has 0 radical (unpaired) electrons. The predicted octanol–water partition coefficient (Wildman–Crippen LogP) is 0.310. The summed E-state index contributed by atoms with van der Waals surface area (Å²) in [5, 5.41) is 11.9. The predicted molar refractivity (Wildman–Crippen MR) is 72.9 cm³/mol. The van der Waals surface area contributed by atoms with E-state index in [1.807, 2.05) is 6.92 Å². The molecule has 0 spiro atoms. The summed E-state index contributed by atoms with van der Waals surface area (Å²) in [6.07, 6.45) is 4.55. The van der Waals surface area contributed by atoms with Crippen LogP contribution in [0, 0.1) is 0 Å². The van der Waals surface area contributed by atoms with Gasteiger partial charge in [-0.1, -0.05) is 24.9 Å². The van der Waals surface area contributed by atoms with Gasteiger partial charge in [0.15, 0.2) is 10.9 Å². The van der Waals surface area contributed by atoms with Crippen molar-refractivity contribution < 1.29 is 13.6 Å². The van der Waals surface area contributed by atoms with Crippen LogP contribution in [0.3, 0.4) is 0 Å². The van der Waals surface area contributed by atoms with E-state index in [-0.39, 0.29) is 10.9 Å². The fourth-order valence-electron chi connectivity index (χ4n) is 2.46. The smallest absolute Gasteiger partial charge is 0.258 e. The third-order valence-electron chi connectivity index (χ3n) is 3.61. The molecule has 2 rings (SSSR count). The van der Waals surface area contributed by atoms with Crippen LogP contribution in [0.4, 0.5) is 0 Å². The van der Waals surface area contributed by atoms with Gasteiger partial charge in [0.05, 0.1) is 11.7 Å². The van der Waals surface area contributed by atoms with Crippen LogP contribution in [-0.2, 0) is 16.4 Å². The SMILES string of the molecule is CCc1ncc(S(=O)(=O)NC2(C(N)=NO)CCCC2)[nH]1. The number of nitrogens with one attached hydrogen (secondary N) is 2. The lowest BCUT2D eigenvalue weighted by Gasteiger charge is -2.27. The molecule has 0 unspecified atom stereocenters. The van der Waals surface area contributed by atoms with Gasteiger partial charge in [-0.25, -0.2) is 13.4 Å². The third-order valence-corrected chi connectivity index (χ3v) is 5.06. The van der Waals surface area contributed by atoms with Crippen LogP contribution in [-0.4, -0.2) is 35.0 Å². The lowest BCUT2D eigenvalue weighted by molar-refractivity contribution is 0.309. The zero-order valence-corrected chi connectivity index (χ0v) is 12.1. The van der Waals surface area contributed by atoms with Crippen molar-refractivity contribution in [3.63, 3.8) is 0 Å². The van der Waals surface area contributed by atoms with E-state index in [0.717, 1.165) is 12.8 Å². The molecule has 1 aromatic rings. The maximum absolute atomic E-state index is 12.4. The van der Waals surface area contributed by atoms with E-state index in [1.165, 1.54) is 6.20 Å². The molecule has 0 atom stereocenters. The molecule has 1 aliphatic carbocycles. The molecular weight excluding hydrogens is 282 g/mol. The Morgan fingerprint density at radius 1 is 1.60 bits per heavy atom. The molecule has 112 valence electrons. The molecule has 8 nitrogen and oxygen atoms in total. The van der Waals surface area contributed by atoms with Crippen molar-refractivity contribution in [3.05, 3.63) is 12.0 Å². The van der Waals surface area contributed by atoms with Gasteiger partial charge in [0.1, 0.15) is 5.82 Å². The minimum absolute atomic E-state index is 0.00800. The number of H-pyrrole nitrogens is 1. The summed E-state index contributed by atoms with van der Waals surface area (Å²) in [4.78, 5) is 6.72. The van der Waals surface area contributed by atoms with Gasteiger partial charge in [0, 0.05) is 6.42 Å². The summed E-state index contributed by atoms with van der Waals surface area (Å²) in [5.74, 6) is 0.489. The molecule has 1 aromatic heterocycles. The van der Waals surface area contributed by atoms with Gasteiger partial charge in [-0.15, -0.1) is 0 Å². The van der Waals surface area contributed by atoms with Gasteiger partial charge in [-0.2, -0.15) is 4.72 Å². The first-order chi connectivity index (χ1) is 9.43. The molecule has 1 aliphatic rings. The topological polar surface area (TPSA) is 133 Å². The van der Waals surface area contributed by atoms with E-state index >= 15 is 0 Å². The largest absolute Gasteiger partial charge is 0.409 e. The Morgan fingerprint density at radius 2 is 2.25 bits per heavy atom. The van der Waals surface area contributed by atoms with Crippen LogP contribution in [0.1, 0.15) is 38.4 Å². The van der Waals surface area contributed by atoms with Crippen molar-refractivity contribution >= 4 is 15.9 Å². The van der Waals surface area contributed by atoms with E-state index in [4.69, 9.17) is 10.9 Å². The lowest BCUT2D eigenvalue weighted by atomic mass is 9.98. The fraction of sp³-hybridized carbons (Fsp3) is 0.636. The maximum Gasteiger partial charge on any atom is 0.258 e. The molecule has 0 bridgehead atoms. The number of imidazole rings is 1. The van der Waals surface area contributed by atoms with Gasteiger partial charge in [-0.05, 0) is 12.8 Å². The van der Waals surface area contributed by atoms with Crippen molar-refractivity contribution in [1.82, 2.24) is 14.7 Å². The zero-order valence-electron chi connectivity index (χ0n) is 11.3. The second kappa shape index (κ2) is 5.41. The number of hydrogen-bond donors (Lipinski definition) is 4. The Hall–Kier alpha value is -1.61. The Labute approximate surface area is 117 Å². The van der Waals surface area contributed by atoms with Crippen molar-refractivity contribution in [2.24, 2.45) is 10.9 Å². The summed E-state index contributed by atoms with van der Waals surface area (Å²) < 4.78 is 27.3. The highest BCUT2D eigenvalue weighted by Gasteiger charge is 2.42. The number of aromatic nitrogens is 2. The number of oxime groups is 1. The molecule has 1 fully saturated rings. The molecule has 9 heteroatoms. The van der Waals surface area contributed by atoms with Crippen LogP contribution >= 0.6 is 0 Å². The molecule has 0 saturated heterocycles. The van der Waals surface area contributed by atoms with Crippen LogP contribution in [0.25, 0.3) is 0 Å². The summed E-state index contributed by atoms with van der Waals surface area (Å²) in [6, 6.07) is 0. The van der Waals surface area contributed by atoms with Crippen molar-refractivity contribution in [2.75, 3.05) is 0 Å². The molecule has 1 heterocycles. The first kappa shape index (κ1) is 14.8. The molecule has 1 saturated carbocycles. The second-order valence-corrected chi connectivity index (χ2v) is 6.58. The van der Waals surface area contributed by atoms with Crippen molar-refractivity contribution in [3.8, 4) is 0 Å². The summed E-state index contributed by atoms with van der Waals surface area (Å²) in [6.45, 7) is 1.87. The summed E-state index contributed by atoms with van der Waals surface area (Å²) >= 11 is 0. The van der Waals surface area contributed by atoms with Gasteiger partial charge in [0.2, 0.25) is 0 Å². The number of aryl methyl sites for hydroxylation is 1. The number of rotatable bonds is 5. The monoisotopic (exact) mass is 301 g/mol. The Bertz CT molecular complexity index is 601. The van der Waals surface area contributed by atoms with Gasteiger partial charge < -0.3 is 15.9 Å². The quantitative estimate of drug-likeness (QED) is 0.269. The third kappa shape index (κ3) is 2.63. The molecular formula is C11H19N5O3S. The van der Waals surface area contributed by atoms with E-state index in [1.54, 1.807) is 0 Å². The molecule has 20 heavy (non-hydrogen) atoms. The highest BCUT2D eigenvalue weighted by atomic mass is 32.2. The standard InChI is InChI=1S/C11H19N5O3S/c1-2-8-13-7-9(14-8)20(18,19)16-11(10(12)15-17)5-3-4-6-11/h7,16-17H,2-6H2,1H3,(H2,12,15)(H,13,14). The highest BCUT2D eigenvalue weighted by Crippen LogP contribution is 2.31. The minimum atomic E-state index is -3.79. The number of aromatic amines is 1. The normalized spacial score (nSPS) is 19.4. The first-order valence-corrected chi connectivity index (χ1v) is 7.98. The maximum atomic E-state index is 12.4. The van der Waals surface area contributed by atoms with Gasteiger partial charge in [-0.3, -0.25) is 0 Å². The van der Waals surface area contributed by atoms with Crippen molar-refractivity contribution in [1.29, 1.82) is 0 Å². The first-order valence-electron chi connectivity index (χ1n) is 6.49. The number of sulfonamides is 1. The number of hydrogen-bond acceptors (Lipinski definition) is 5. The van der Waals surface area contributed by atoms with Crippen LogP contribution in [0.2, 0.25) is 0 Å². The molecule has 0 aromatic carbocycles. The van der Waals surface area contributed by atoms with E-state index in [0.29, 0.717) is 25.1 Å². The van der Waals surface area contributed by atoms with Crippen LogP contribution in [0.5, 0.6) is 0 Å². The average molecular weight is 301 g/mol. The Morgan fingerprint density at radius 3 is 2.75 bits per heavy atom. The summed E-state index contributed by atoms with van der Waals surface area (Å²) in [5.41, 5.74) is 4.67. The van der Waals surface area contributed by atoms with E-state index in [9.17, 15) is 8.42 Å². The summed E-state index contributed by atoms with van der Waals surface area (Å²) in [7, 11) is -3.79. The second-order valence-electron chi connectivity index (χ2n) is 4.93. The minimum Gasteiger partial charge on any atom is -0.409 e. The van der Waals surface area contributed by atoms with E-state index in [2.05, 4.69) is 19.8 Å². The zero-order chi connectivity index (χ0) is 14.8. The lowest BCUT2D eigenvalue weighted by Crippen LogP contribution is -2.55. The Balaban J connectivity index is 2.30. The Kier molecular flexibility index (Phi) is 4.00. The molecule has 5 N–H and O–H groups in total. The van der Waals surface area contributed by atoms with Crippen LogP contribution in [0.15, 0.2) is 16.4 Å². The molecule has 0 amide bonds. The fourth-order valence-corrected chi connectivity index (χ4v) is 3.83. The van der Waals surface area contributed by atoms with Crippen LogP contribution < -0.4 is 10.5 Å². The number of nitrogens with two attached hydrogens (primary N) is 1. The average Bonchev–Trinajstić information content (AvgIpc) is 3.06. The highest BCUT2D eigenvalue weighted by molar-refractivity contribution is 7.89.